The first-order valence-electron chi connectivity index (χ1n) is 11.8. The van der Waals surface area contributed by atoms with Crippen molar-refractivity contribution in [1.29, 1.82) is 0 Å². The fraction of sp³-hybridized carbons (Fsp3) is 0.520. The summed E-state index contributed by atoms with van der Waals surface area (Å²) in [4.78, 5) is 40.8. The number of piperidine rings is 1. The average molecular weight is 467 g/mol. The number of aryl methyl sites for hydroxylation is 1. The van der Waals surface area contributed by atoms with Crippen molar-refractivity contribution in [2.24, 2.45) is 12.5 Å². The Morgan fingerprint density at radius 2 is 1.76 bits per heavy atom. The Bertz CT molecular complexity index is 1210. The Morgan fingerprint density at radius 1 is 1.06 bits per heavy atom. The normalized spacial score (nSPS) is 21.6. The van der Waals surface area contributed by atoms with Crippen LogP contribution in [0.2, 0.25) is 0 Å². The number of likely N-dealkylation sites (tertiary alicyclic amines) is 1. The van der Waals surface area contributed by atoms with E-state index in [0.717, 1.165) is 36.0 Å². The summed E-state index contributed by atoms with van der Waals surface area (Å²) < 4.78 is 6.40. The van der Waals surface area contributed by atoms with Gasteiger partial charge in [-0.15, -0.1) is 0 Å². The highest BCUT2D eigenvalue weighted by Crippen LogP contribution is 2.43. The molecule has 9 nitrogen and oxygen atoms in total. The zero-order valence-corrected chi connectivity index (χ0v) is 19.8. The number of carbonyl (C=O) groups excluding carboxylic acids is 2. The Labute approximate surface area is 197 Å². The Kier molecular flexibility index (Phi) is 5.56. The van der Waals surface area contributed by atoms with Crippen LogP contribution in [-0.2, 0) is 23.2 Å². The second-order valence-electron chi connectivity index (χ2n) is 9.74. The number of benzene rings is 1. The predicted octanol–water partition coefficient (Wildman–Crippen LogP) is 1.70. The molecule has 2 saturated heterocycles. The molecule has 2 fully saturated rings. The molecule has 0 radical (unpaired) electrons. The van der Waals surface area contributed by atoms with Gasteiger partial charge in [0.05, 0.1) is 17.1 Å². The number of aliphatic hydroxyl groups is 1. The maximum Gasteiger partial charge on any atom is 0.338 e. The number of aliphatic hydroxyl groups excluding tert-OH is 1. The van der Waals surface area contributed by atoms with Crippen LogP contribution >= 0.6 is 0 Å². The van der Waals surface area contributed by atoms with Crippen LogP contribution in [0.1, 0.15) is 59.3 Å². The van der Waals surface area contributed by atoms with Crippen LogP contribution in [-0.4, -0.2) is 57.3 Å². The lowest BCUT2D eigenvalue weighted by atomic mass is 9.76. The zero-order chi connectivity index (χ0) is 24.2. The molecule has 9 heteroatoms. The summed E-state index contributed by atoms with van der Waals surface area (Å²) in [7, 11) is 1.58. The van der Waals surface area contributed by atoms with Crippen LogP contribution in [0.25, 0.3) is 0 Å². The highest BCUT2D eigenvalue weighted by atomic mass is 16.5. The largest absolute Gasteiger partial charge is 0.457 e. The number of nitrogens with zero attached hydrogens (tertiary/aromatic N) is 4. The van der Waals surface area contributed by atoms with Gasteiger partial charge in [-0.1, -0.05) is 6.07 Å². The van der Waals surface area contributed by atoms with E-state index in [1.807, 2.05) is 19.9 Å². The maximum atomic E-state index is 13.4. The monoisotopic (exact) mass is 466 g/mol. The quantitative estimate of drug-likeness (QED) is 0.684. The molecular weight excluding hydrogens is 436 g/mol. The molecule has 0 aliphatic carbocycles. The number of esters is 1. The van der Waals surface area contributed by atoms with Crippen molar-refractivity contribution >= 4 is 17.7 Å². The number of hydrogen-bond donors (Lipinski definition) is 1. The van der Waals surface area contributed by atoms with E-state index in [1.165, 1.54) is 10.7 Å². The topological polar surface area (TPSA) is 105 Å². The van der Waals surface area contributed by atoms with Crippen molar-refractivity contribution in [2.45, 2.75) is 51.9 Å². The number of carbonyl (C=O) groups is 2. The molecule has 180 valence electrons. The van der Waals surface area contributed by atoms with Crippen LogP contribution in [0.3, 0.4) is 0 Å². The summed E-state index contributed by atoms with van der Waals surface area (Å²) >= 11 is 0. The predicted molar refractivity (Wildman–Crippen MR) is 124 cm³/mol. The number of amides is 1. The molecule has 1 amide bonds. The number of ether oxygens (including phenoxy) is 1. The SMILES string of the molecule is Cc1c([C@H](O)[C@@H](C)N2CCC3(CCN(c4ccc(=O)n(C)n4)C3=O)CC2)ccc2c1COC2=O. The van der Waals surface area contributed by atoms with E-state index in [1.54, 1.807) is 24.1 Å². The second-order valence-corrected chi connectivity index (χ2v) is 9.74. The summed E-state index contributed by atoms with van der Waals surface area (Å²) in [5.74, 6) is 0.284. The first kappa shape index (κ1) is 22.7. The van der Waals surface area contributed by atoms with E-state index >= 15 is 0 Å². The van der Waals surface area contributed by atoms with E-state index in [9.17, 15) is 19.5 Å². The molecule has 3 aliphatic heterocycles. The average Bonchev–Trinajstić information content (AvgIpc) is 3.36. The van der Waals surface area contributed by atoms with Gasteiger partial charge in [0.1, 0.15) is 6.61 Å². The molecule has 0 bridgehead atoms. The molecule has 1 aromatic carbocycles. The van der Waals surface area contributed by atoms with Crippen molar-refractivity contribution in [3.8, 4) is 0 Å². The minimum absolute atomic E-state index is 0.0747. The van der Waals surface area contributed by atoms with E-state index < -0.39 is 11.5 Å². The van der Waals surface area contributed by atoms with Gasteiger partial charge in [0.2, 0.25) is 5.91 Å². The van der Waals surface area contributed by atoms with Crippen molar-refractivity contribution < 1.29 is 19.4 Å². The van der Waals surface area contributed by atoms with Gasteiger partial charge in [-0.05, 0) is 69.5 Å². The van der Waals surface area contributed by atoms with Gasteiger partial charge in [0, 0.05) is 31.3 Å². The van der Waals surface area contributed by atoms with Gasteiger partial charge in [-0.25, -0.2) is 9.48 Å². The molecule has 1 N–H and O–H groups in total. The fourth-order valence-corrected chi connectivity index (χ4v) is 5.64. The van der Waals surface area contributed by atoms with Crippen LogP contribution < -0.4 is 10.5 Å². The zero-order valence-electron chi connectivity index (χ0n) is 19.8. The molecule has 4 heterocycles. The van der Waals surface area contributed by atoms with Gasteiger partial charge in [0.25, 0.3) is 5.56 Å². The number of cyclic esters (lactones) is 1. The lowest BCUT2D eigenvalue weighted by molar-refractivity contribution is -0.128. The third-order valence-electron chi connectivity index (χ3n) is 8.05. The Hall–Kier alpha value is -3.04. The molecule has 0 unspecified atom stereocenters. The molecule has 5 rings (SSSR count). The van der Waals surface area contributed by atoms with Gasteiger partial charge in [-0.3, -0.25) is 19.4 Å². The summed E-state index contributed by atoms with van der Waals surface area (Å²) in [6, 6.07) is 6.49. The smallest absolute Gasteiger partial charge is 0.338 e. The summed E-state index contributed by atoms with van der Waals surface area (Å²) in [6.45, 7) is 6.21. The lowest BCUT2D eigenvalue weighted by Gasteiger charge is -2.42. The van der Waals surface area contributed by atoms with E-state index in [-0.39, 0.29) is 30.1 Å². The molecule has 3 aliphatic rings. The molecule has 34 heavy (non-hydrogen) atoms. The van der Waals surface area contributed by atoms with E-state index in [2.05, 4.69) is 10.00 Å². The molecular formula is C25H30N4O5. The lowest BCUT2D eigenvalue weighted by Crippen LogP contribution is -2.49. The Morgan fingerprint density at radius 3 is 2.47 bits per heavy atom. The minimum Gasteiger partial charge on any atom is -0.457 e. The number of hydrogen-bond acceptors (Lipinski definition) is 7. The van der Waals surface area contributed by atoms with Gasteiger partial charge in [-0.2, -0.15) is 5.10 Å². The maximum absolute atomic E-state index is 13.4. The molecule has 1 aromatic heterocycles. The summed E-state index contributed by atoms with van der Waals surface area (Å²) in [5.41, 5.74) is 2.53. The van der Waals surface area contributed by atoms with Crippen molar-refractivity contribution in [3.05, 3.63) is 56.9 Å². The van der Waals surface area contributed by atoms with Crippen molar-refractivity contribution in [3.63, 3.8) is 0 Å². The third-order valence-corrected chi connectivity index (χ3v) is 8.05. The van der Waals surface area contributed by atoms with Crippen LogP contribution in [0.15, 0.2) is 29.1 Å². The first-order chi connectivity index (χ1) is 16.2. The van der Waals surface area contributed by atoms with Gasteiger partial charge >= 0.3 is 5.97 Å². The molecule has 0 saturated carbocycles. The van der Waals surface area contributed by atoms with Gasteiger partial charge in [0.15, 0.2) is 5.82 Å². The van der Waals surface area contributed by atoms with E-state index in [0.29, 0.717) is 31.0 Å². The van der Waals surface area contributed by atoms with Crippen LogP contribution in [0.5, 0.6) is 0 Å². The molecule has 1 spiro atoms. The number of aromatic nitrogens is 2. The number of rotatable bonds is 4. The number of fused-ring (bicyclic) bond motifs is 1. The van der Waals surface area contributed by atoms with Crippen molar-refractivity contribution in [1.82, 2.24) is 14.7 Å². The van der Waals surface area contributed by atoms with Crippen LogP contribution in [0, 0.1) is 12.3 Å². The van der Waals surface area contributed by atoms with Crippen molar-refractivity contribution in [2.75, 3.05) is 24.5 Å². The minimum atomic E-state index is -0.708. The number of anilines is 1. The first-order valence-corrected chi connectivity index (χ1v) is 11.8. The fourth-order valence-electron chi connectivity index (χ4n) is 5.64. The van der Waals surface area contributed by atoms with Gasteiger partial charge < -0.3 is 9.84 Å². The molecule has 2 aromatic rings. The Balaban J connectivity index is 1.27. The molecule has 2 atom stereocenters. The van der Waals surface area contributed by atoms with E-state index in [4.69, 9.17) is 4.74 Å². The highest BCUT2D eigenvalue weighted by Gasteiger charge is 2.49. The third kappa shape index (κ3) is 3.54. The summed E-state index contributed by atoms with van der Waals surface area (Å²) in [5, 5.41) is 15.4. The van der Waals surface area contributed by atoms with Crippen LogP contribution in [0.4, 0.5) is 5.82 Å². The summed E-state index contributed by atoms with van der Waals surface area (Å²) in [6.07, 6.45) is 1.49. The standard InChI is InChI=1S/C25H30N4O5/c1-15-17(4-5-18-19(15)14-34-23(18)32)22(31)16(2)28-11-8-25(9-12-28)10-13-29(24(25)33)20-6-7-21(30)27(3)26-20/h4-7,16,22,31H,8-14H2,1-3H3/t16-,22-/m1/s1. The highest BCUT2D eigenvalue weighted by molar-refractivity contribution is 5.99. The second kappa shape index (κ2) is 8.32.